The van der Waals surface area contributed by atoms with Crippen LogP contribution in [0, 0.1) is 0 Å². The Labute approximate surface area is 190 Å². The first-order chi connectivity index (χ1) is 15.3. The summed E-state index contributed by atoms with van der Waals surface area (Å²) in [5, 5.41) is 17.6. The minimum absolute atomic E-state index is 0.185. The molecule has 0 saturated carbocycles. The number of benzene rings is 1. The van der Waals surface area contributed by atoms with Crippen molar-refractivity contribution in [1.29, 1.82) is 0 Å². The molecule has 0 radical (unpaired) electrons. The molecule has 11 heteroatoms. The number of carboxylic acids is 1. The fourth-order valence-corrected chi connectivity index (χ4v) is 3.61. The number of rotatable bonds is 12. The Morgan fingerprint density at radius 3 is 2.44 bits per heavy atom. The number of H-pyrrole nitrogens is 1. The van der Waals surface area contributed by atoms with E-state index >= 15 is 0 Å². The van der Waals surface area contributed by atoms with E-state index in [1.165, 1.54) is 18.7 Å². The quantitative estimate of drug-likeness (QED) is 0.257. The van der Waals surface area contributed by atoms with Crippen LogP contribution in [0.2, 0.25) is 0 Å². The zero-order valence-electron chi connectivity index (χ0n) is 18.0. The van der Waals surface area contributed by atoms with E-state index in [4.69, 9.17) is 10.8 Å². The van der Waals surface area contributed by atoms with Crippen molar-refractivity contribution in [3.63, 3.8) is 0 Å². The highest BCUT2D eigenvalue weighted by Gasteiger charge is 2.28. The Bertz CT molecular complexity index is 963. The van der Waals surface area contributed by atoms with Crippen LogP contribution in [0.25, 0.3) is 10.9 Å². The van der Waals surface area contributed by atoms with Crippen molar-refractivity contribution in [2.24, 2.45) is 5.73 Å². The van der Waals surface area contributed by atoms with Crippen LogP contribution < -0.4 is 21.7 Å². The van der Waals surface area contributed by atoms with Gasteiger partial charge in [-0.2, -0.15) is 11.8 Å². The van der Waals surface area contributed by atoms with Crippen LogP contribution in [-0.2, 0) is 25.6 Å². The summed E-state index contributed by atoms with van der Waals surface area (Å²) in [4.78, 5) is 51.8. The summed E-state index contributed by atoms with van der Waals surface area (Å²) in [5.74, 6) is -2.27. The monoisotopic (exact) mass is 463 g/mol. The first-order valence-electron chi connectivity index (χ1n) is 10.1. The fraction of sp³-hybridized carbons (Fsp3) is 0.429. The summed E-state index contributed by atoms with van der Waals surface area (Å²) in [6.07, 6.45) is 4.11. The molecule has 2 aromatic rings. The van der Waals surface area contributed by atoms with Crippen molar-refractivity contribution in [2.75, 3.05) is 18.6 Å². The summed E-state index contributed by atoms with van der Waals surface area (Å²) in [6.45, 7) is 1.05. The van der Waals surface area contributed by atoms with Gasteiger partial charge in [0.05, 0.1) is 6.54 Å². The summed E-state index contributed by atoms with van der Waals surface area (Å²) in [6, 6.07) is 4.55. The van der Waals surface area contributed by atoms with E-state index in [0.717, 1.165) is 16.5 Å². The van der Waals surface area contributed by atoms with E-state index < -0.39 is 41.8 Å². The summed E-state index contributed by atoms with van der Waals surface area (Å²) in [5.41, 5.74) is 7.13. The molecule has 10 nitrogen and oxygen atoms in total. The van der Waals surface area contributed by atoms with E-state index in [9.17, 15) is 19.2 Å². The molecule has 7 N–H and O–H groups in total. The molecule has 0 saturated heterocycles. The summed E-state index contributed by atoms with van der Waals surface area (Å²) >= 11 is 1.49. The van der Waals surface area contributed by atoms with Crippen molar-refractivity contribution in [2.45, 2.75) is 37.9 Å². The number of nitrogens with two attached hydrogens (primary N) is 1. The van der Waals surface area contributed by atoms with Crippen molar-refractivity contribution in [3.05, 3.63) is 36.0 Å². The number of aromatic nitrogens is 1. The maximum Gasteiger partial charge on any atom is 0.325 e. The molecule has 3 unspecified atom stereocenters. The molecule has 0 bridgehead atoms. The largest absolute Gasteiger partial charge is 0.480 e. The molecule has 3 amide bonds. The van der Waals surface area contributed by atoms with Gasteiger partial charge in [-0.15, -0.1) is 0 Å². The van der Waals surface area contributed by atoms with Crippen molar-refractivity contribution in [3.8, 4) is 0 Å². The average molecular weight is 464 g/mol. The third kappa shape index (κ3) is 6.99. The predicted molar refractivity (Wildman–Crippen MR) is 123 cm³/mol. The van der Waals surface area contributed by atoms with Crippen LogP contribution in [0.4, 0.5) is 0 Å². The molecular formula is C21H29N5O5S. The molecule has 32 heavy (non-hydrogen) atoms. The molecule has 174 valence electrons. The predicted octanol–water partition coefficient (Wildman–Crippen LogP) is -0.0189. The molecule has 0 aliphatic heterocycles. The number of fused-ring (bicyclic) bond motifs is 1. The van der Waals surface area contributed by atoms with Gasteiger partial charge in [0.2, 0.25) is 17.7 Å². The molecule has 0 fully saturated rings. The van der Waals surface area contributed by atoms with Crippen molar-refractivity contribution >= 4 is 46.4 Å². The number of hydrogen-bond acceptors (Lipinski definition) is 6. The van der Waals surface area contributed by atoms with Crippen molar-refractivity contribution < 1.29 is 24.3 Å². The molecule has 1 aromatic heterocycles. The Morgan fingerprint density at radius 2 is 1.78 bits per heavy atom. The number of carboxylic acid groups (broad SMARTS) is 1. The Hall–Kier alpha value is -3.05. The lowest BCUT2D eigenvalue weighted by Gasteiger charge is -2.23. The number of aromatic amines is 1. The lowest BCUT2D eigenvalue weighted by molar-refractivity contribution is -0.141. The molecule has 0 spiro atoms. The van der Waals surface area contributed by atoms with E-state index in [1.54, 1.807) is 6.20 Å². The standard InChI is InChI=1S/C21H29N5O5S/c1-12(21(30)31)24-19(28)16(7-8-32-2)26-20(29)17(25-18(27)10-22)9-13-11-23-15-6-4-3-5-14(13)15/h3-6,11-12,16-17,23H,7-10,22H2,1-2H3,(H,24,28)(H,25,27)(H,26,29)(H,30,31). The Kier molecular flexibility index (Phi) is 9.54. The third-order valence-corrected chi connectivity index (χ3v) is 5.55. The zero-order valence-corrected chi connectivity index (χ0v) is 18.8. The number of hydrogen-bond donors (Lipinski definition) is 6. The van der Waals surface area contributed by atoms with E-state index in [1.807, 2.05) is 30.5 Å². The second kappa shape index (κ2) is 12.1. The van der Waals surface area contributed by atoms with Crippen LogP contribution in [0.3, 0.4) is 0 Å². The molecule has 1 heterocycles. The van der Waals surface area contributed by atoms with Gasteiger partial charge >= 0.3 is 5.97 Å². The van der Waals surface area contributed by atoms with Gasteiger partial charge in [0, 0.05) is 23.5 Å². The topological polar surface area (TPSA) is 166 Å². The number of nitrogens with one attached hydrogen (secondary N) is 4. The van der Waals surface area contributed by atoms with Gasteiger partial charge in [-0.25, -0.2) is 0 Å². The summed E-state index contributed by atoms with van der Waals surface area (Å²) in [7, 11) is 0. The van der Waals surface area contributed by atoms with Crippen LogP contribution in [0.5, 0.6) is 0 Å². The Balaban J connectivity index is 2.20. The SMILES string of the molecule is CSCCC(NC(=O)C(Cc1c[nH]c2ccccc12)NC(=O)CN)C(=O)NC(C)C(=O)O. The van der Waals surface area contributed by atoms with Gasteiger partial charge in [-0.05, 0) is 37.0 Å². The smallest absolute Gasteiger partial charge is 0.325 e. The van der Waals surface area contributed by atoms with Crippen LogP contribution in [-0.4, -0.2) is 70.5 Å². The van der Waals surface area contributed by atoms with Gasteiger partial charge in [0.1, 0.15) is 18.1 Å². The number of thioether (sulfide) groups is 1. The first kappa shape index (κ1) is 25.2. The second-order valence-electron chi connectivity index (χ2n) is 7.30. The first-order valence-corrected chi connectivity index (χ1v) is 11.5. The van der Waals surface area contributed by atoms with Gasteiger partial charge in [-0.1, -0.05) is 18.2 Å². The zero-order chi connectivity index (χ0) is 23.7. The maximum absolute atomic E-state index is 13.1. The molecular weight excluding hydrogens is 434 g/mol. The number of carbonyl (C=O) groups excluding carboxylic acids is 3. The lowest BCUT2D eigenvalue weighted by atomic mass is 10.0. The van der Waals surface area contributed by atoms with Crippen LogP contribution in [0.15, 0.2) is 30.5 Å². The van der Waals surface area contributed by atoms with Gasteiger partial charge in [-0.3, -0.25) is 19.2 Å². The number of amides is 3. The van der Waals surface area contributed by atoms with E-state index in [0.29, 0.717) is 12.2 Å². The fourth-order valence-electron chi connectivity index (χ4n) is 3.14. The van der Waals surface area contributed by atoms with Crippen molar-refractivity contribution in [1.82, 2.24) is 20.9 Å². The van der Waals surface area contributed by atoms with Gasteiger partial charge in [0.25, 0.3) is 0 Å². The van der Waals surface area contributed by atoms with E-state index in [2.05, 4.69) is 20.9 Å². The Morgan fingerprint density at radius 1 is 1.09 bits per heavy atom. The normalized spacial score (nSPS) is 13.7. The highest BCUT2D eigenvalue weighted by Crippen LogP contribution is 2.19. The van der Waals surface area contributed by atoms with E-state index in [-0.39, 0.29) is 13.0 Å². The van der Waals surface area contributed by atoms with Gasteiger partial charge < -0.3 is 31.8 Å². The average Bonchev–Trinajstić information content (AvgIpc) is 3.18. The van der Waals surface area contributed by atoms with Gasteiger partial charge in [0.15, 0.2) is 0 Å². The summed E-state index contributed by atoms with van der Waals surface area (Å²) < 4.78 is 0. The molecule has 1 aromatic carbocycles. The van der Waals surface area contributed by atoms with Crippen LogP contribution in [0.1, 0.15) is 18.9 Å². The molecule has 2 rings (SSSR count). The third-order valence-electron chi connectivity index (χ3n) is 4.91. The molecule has 3 atom stereocenters. The molecule has 0 aliphatic rings. The minimum Gasteiger partial charge on any atom is -0.480 e. The maximum atomic E-state index is 13.1. The number of para-hydroxylation sites is 1. The molecule has 0 aliphatic carbocycles. The minimum atomic E-state index is -1.18. The van der Waals surface area contributed by atoms with Crippen LogP contribution >= 0.6 is 11.8 Å². The number of aliphatic carboxylic acids is 1. The highest BCUT2D eigenvalue weighted by molar-refractivity contribution is 7.98. The highest BCUT2D eigenvalue weighted by atomic mass is 32.2. The number of carbonyl (C=O) groups is 4. The lowest BCUT2D eigenvalue weighted by Crippen LogP contribution is -2.56. The second-order valence-corrected chi connectivity index (χ2v) is 8.28.